The van der Waals surface area contributed by atoms with Crippen LogP contribution in [0.25, 0.3) is 16.9 Å². The van der Waals surface area contributed by atoms with Crippen molar-refractivity contribution < 1.29 is 9.18 Å². The molecule has 0 radical (unpaired) electrons. The van der Waals surface area contributed by atoms with E-state index in [4.69, 9.17) is 5.73 Å². The Morgan fingerprint density at radius 2 is 1.88 bits per heavy atom. The van der Waals surface area contributed by atoms with Gasteiger partial charge in [0.05, 0.1) is 11.9 Å². The van der Waals surface area contributed by atoms with Crippen LogP contribution in [-0.4, -0.2) is 22.0 Å². The first-order valence-corrected chi connectivity index (χ1v) is 7.13. The van der Waals surface area contributed by atoms with Crippen molar-refractivity contribution in [1.29, 1.82) is 0 Å². The fourth-order valence-corrected chi connectivity index (χ4v) is 2.19. The van der Waals surface area contributed by atoms with E-state index in [1.165, 1.54) is 18.3 Å². The summed E-state index contributed by atoms with van der Waals surface area (Å²) in [5, 5.41) is 8.31. The zero-order chi connectivity index (χ0) is 16.9. The third kappa shape index (κ3) is 3.46. The normalized spacial score (nSPS) is 10.9. The number of rotatable bonds is 4. The summed E-state index contributed by atoms with van der Waals surface area (Å²) in [6.07, 6.45) is 3.20. The molecule has 0 aliphatic heterocycles. The second kappa shape index (κ2) is 6.74. The molecule has 120 valence electrons. The lowest BCUT2D eigenvalue weighted by Crippen LogP contribution is -2.24. The topological polar surface area (TPSA) is 85.3 Å². The Balaban J connectivity index is 2.04. The Morgan fingerprint density at radius 3 is 2.54 bits per heavy atom. The minimum Gasteiger partial charge on any atom is -0.350 e. The number of urea groups is 1. The maximum Gasteiger partial charge on any atom is 0.332 e. The molecule has 7 heteroatoms. The summed E-state index contributed by atoms with van der Waals surface area (Å²) in [7, 11) is 0. The highest BCUT2D eigenvalue weighted by Gasteiger charge is 2.11. The van der Waals surface area contributed by atoms with Gasteiger partial charge < -0.3 is 5.73 Å². The molecule has 3 aromatic rings. The van der Waals surface area contributed by atoms with E-state index >= 15 is 0 Å². The van der Waals surface area contributed by atoms with Gasteiger partial charge in [0.1, 0.15) is 11.5 Å². The SMILES string of the molecule is NC(=O)N/N=C\c1cn(-c2ccccc2)nc1-c1ccc(F)cc1. The molecule has 2 aromatic carbocycles. The lowest BCUT2D eigenvalue weighted by atomic mass is 10.1. The Labute approximate surface area is 137 Å². The van der Waals surface area contributed by atoms with E-state index in [2.05, 4.69) is 15.6 Å². The Kier molecular flexibility index (Phi) is 4.33. The molecule has 24 heavy (non-hydrogen) atoms. The number of benzene rings is 2. The first-order chi connectivity index (χ1) is 11.6. The molecule has 3 rings (SSSR count). The molecule has 1 aromatic heterocycles. The minimum atomic E-state index is -0.759. The smallest absolute Gasteiger partial charge is 0.332 e. The minimum absolute atomic E-state index is 0.327. The van der Waals surface area contributed by atoms with E-state index in [1.54, 1.807) is 23.0 Å². The zero-order valence-corrected chi connectivity index (χ0v) is 12.6. The van der Waals surface area contributed by atoms with Crippen LogP contribution in [0.4, 0.5) is 9.18 Å². The number of amides is 2. The van der Waals surface area contributed by atoms with Crippen molar-refractivity contribution in [1.82, 2.24) is 15.2 Å². The number of halogens is 1. The van der Waals surface area contributed by atoms with Crippen LogP contribution in [0.3, 0.4) is 0 Å². The van der Waals surface area contributed by atoms with Crippen LogP contribution in [0.15, 0.2) is 65.9 Å². The van der Waals surface area contributed by atoms with Crippen LogP contribution in [0.5, 0.6) is 0 Å². The van der Waals surface area contributed by atoms with Gasteiger partial charge in [-0.1, -0.05) is 18.2 Å². The number of hydrogen-bond donors (Lipinski definition) is 2. The van der Waals surface area contributed by atoms with Crippen molar-refractivity contribution in [3.63, 3.8) is 0 Å². The van der Waals surface area contributed by atoms with Gasteiger partial charge in [0, 0.05) is 17.3 Å². The molecule has 0 unspecified atom stereocenters. The summed E-state index contributed by atoms with van der Waals surface area (Å²) in [4.78, 5) is 10.7. The molecule has 0 spiro atoms. The maximum absolute atomic E-state index is 13.2. The summed E-state index contributed by atoms with van der Waals surface area (Å²) in [6.45, 7) is 0. The second-order valence-corrected chi connectivity index (χ2v) is 4.95. The van der Waals surface area contributed by atoms with E-state index in [9.17, 15) is 9.18 Å². The van der Waals surface area contributed by atoms with Crippen LogP contribution >= 0.6 is 0 Å². The molecule has 3 N–H and O–H groups in total. The predicted octanol–water partition coefficient (Wildman–Crippen LogP) is 2.68. The standard InChI is InChI=1S/C17H14FN5O/c18-14-8-6-12(7-9-14)16-13(10-20-21-17(19)24)11-23(22-16)15-4-2-1-3-5-15/h1-11H,(H3,19,21,24)/b20-10-. The molecular formula is C17H14FN5O. The average Bonchev–Trinajstić information content (AvgIpc) is 3.00. The quantitative estimate of drug-likeness (QED) is 0.571. The first-order valence-electron chi connectivity index (χ1n) is 7.13. The molecule has 0 aliphatic rings. The van der Waals surface area contributed by atoms with Gasteiger partial charge in [-0.15, -0.1) is 0 Å². The fourth-order valence-electron chi connectivity index (χ4n) is 2.19. The molecule has 0 atom stereocenters. The van der Waals surface area contributed by atoms with Crippen LogP contribution in [0.2, 0.25) is 0 Å². The Bertz CT molecular complexity index is 872. The van der Waals surface area contributed by atoms with Crippen molar-refractivity contribution in [3.8, 4) is 16.9 Å². The molecule has 2 amide bonds. The number of carbonyl (C=O) groups excluding carboxylic acids is 1. The summed E-state index contributed by atoms with van der Waals surface area (Å²) in [6, 6.07) is 14.7. The lowest BCUT2D eigenvalue weighted by Gasteiger charge is -2.00. The maximum atomic E-state index is 13.2. The zero-order valence-electron chi connectivity index (χ0n) is 12.6. The Morgan fingerprint density at radius 1 is 1.17 bits per heavy atom. The lowest BCUT2D eigenvalue weighted by molar-refractivity contribution is 0.249. The fraction of sp³-hybridized carbons (Fsp3) is 0. The number of nitrogens with two attached hydrogens (primary N) is 1. The number of primary amides is 1. The number of aromatic nitrogens is 2. The van der Waals surface area contributed by atoms with E-state index in [1.807, 2.05) is 30.3 Å². The number of para-hydroxylation sites is 1. The van der Waals surface area contributed by atoms with Crippen molar-refractivity contribution >= 4 is 12.2 Å². The summed E-state index contributed by atoms with van der Waals surface area (Å²) < 4.78 is 14.8. The van der Waals surface area contributed by atoms with Crippen molar-refractivity contribution in [3.05, 3.63) is 72.2 Å². The number of nitrogens with zero attached hydrogens (tertiary/aromatic N) is 3. The summed E-state index contributed by atoms with van der Waals surface area (Å²) >= 11 is 0. The highest BCUT2D eigenvalue weighted by Crippen LogP contribution is 2.23. The predicted molar refractivity (Wildman–Crippen MR) is 89.3 cm³/mol. The number of carbonyl (C=O) groups is 1. The van der Waals surface area contributed by atoms with Crippen LogP contribution in [0, 0.1) is 5.82 Å². The van der Waals surface area contributed by atoms with Gasteiger partial charge in [0.15, 0.2) is 0 Å². The average molecular weight is 323 g/mol. The van der Waals surface area contributed by atoms with E-state index < -0.39 is 6.03 Å². The molecule has 6 nitrogen and oxygen atoms in total. The van der Waals surface area contributed by atoms with Gasteiger partial charge in [-0.2, -0.15) is 10.2 Å². The number of hydrogen-bond acceptors (Lipinski definition) is 3. The van der Waals surface area contributed by atoms with Gasteiger partial charge in [-0.3, -0.25) is 0 Å². The number of nitrogens with one attached hydrogen (secondary N) is 1. The Hall–Kier alpha value is -3.48. The van der Waals surface area contributed by atoms with Crippen LogP contribution in [0.1, 0.15) is 5.56 Å². The number of hydrazone groups is 1. The highest BCUT2D eigenvalue weighted by molar-refractivity contribution is 5.89. The third-order valence-corrected chi connectivity index (χ3v) is 3.26. The third-order valence-electron chi connectivity index (χ3n) is 3.26. The molecule has 0 saturated carbocycles. The van der Waals surface area contributed by atoms with Gasteiger partial charge >= 0.3 is 6.03 Å². The van der Waals surface area contributed by atoms with Gasteiger partial charge in [0.25, 0.3) is 0 Å². The molecule has 1 heterocycles. The van der Waals surface area contributed by atoms with E-state index in [0.29, 0.717) is 11.3 Å². The molecule has 0 fully saturated rings. The molecular weight excluding hydrogens is 309 g/mol. The van der Waals surface area contributed by atoms with E-state index in [-0.39, 0.29) is 5.82 Å². The second-order valence-electron chi connectivity index (χ2n) is 4.95. The summed E-state index contributed by atoms with van der Waals surface area (Å²) in [5.41, 5.74) is 9.98. The van der Waals surface area contributed by atoms with E-state index in [0.717, 1.165) is 11.3 Å². The van der Waals surface area contributed by atoms with Crippen molar-refractivity contribution in [2.45, 2.75) is 0 Å². The van der Waals surface area contributed by atoms with Gasteiger partial charge in [-0.05, 0) is 36.4 Å². The molecule has 0 bridgehead atoms. The van der Waals surface area contributed by atoms with Gasteiger partial charge in [-0.25, -0.2) is 19.3 Å². The first kappa shape index (κ1) is 15.4. The van der Waals surface area contributed by atoms with Crippen molar-refractivity contribution in [2.24, 2.45) is 10.8 Å². The molecule has 0 aliphatic carbocycles. The highest BCUT2D eigenvalue weighted by atomic mass is 19.1. The summed E-state index contributed by atoms with van der Waals surface area (Å²) in [5.74, 6) is -0.327. The largest absolute Gasteiger partial charge is 0.350 e. The van der Waals surface area contributed by atoms with Crippen LogP contribution in [-0.2, 0) is 0 Å². The monoisotopic (exact) mass is 323 g/mol. The van der Waals surface area contributed by atoms with Gasteiger partial charge in [0.2, 0.25) is 0 Å². The van der Waals surface area contributed by atoms with Crippen molar-refractivity contribution in [2.75, 3.05) is 0 Å². The molecule has 0 saturated heterocycles. The van der Waals surface area contributed by atoms with Crippen LogP contribution < -0.4 is 11.2 Å².